The number of nitrogens with zero attached hydrogens (tertiary/aromatic N) is 3. The number of aryl methyl sites for hydroxylation is 2. The van der Waals surface area contributed by atoms with Crippen LogP contribution in [-0.2, 0) is 0 Å². The molecule has 0 bridgehead atoms. The van der Waals surface area contributed by atoms with Crippen molar-refractivity contribution in [1.29, 1.82) is 0 Å². The zero-order valence-corrected chi connectivity index (χ0v) is 15.1. The smallest absolute Gasteiger partial charge is 0.277 e. The van der Waals surface area contributed by atoms with Crippen LogP contribution in [0.1, 0.15) is 42.6 Å². The molecule has 0 saturated carbocycles. The first-order valence-electron chi connectivity index (χ1n) is 8.38. The molecule has 0 aliphatic rings. The van der Waals surface area contributed by atoms with Crippen molar-refractivity contribution in [3.63, 3.8) is 0 Å². The number of hydrogen-bond donors (Lipinski definition) is 1. The van der Waals surface area contributed by atoms with E-state index in [2.05, 4.69) is 29.1 Å². The molecule has 0 unspecified atom stereocenters. The molecule has 2 rings (SSSR count). The third kappa shape index (κ3) is 4.54. The third-order valence-corrected chi connectivity index (χ3v) is 3.62. The minimum absolute atomic E-state index is 0.110. The summed E-state index contributed by atoms with van der Waals surface area (Å²) in [5.41, 5.74) is 2.42. The number of carbonyl (C=O) groups is 1. The molecule has 1 N–H and O–H groups in total. The molecular formula is C19H26N4O. The van der Waals surface area contributed by atoms with Crippen molar-refractivity contribution < 1.29 is 4.79 Å². The first-order valence-corrected chi connectivity index (χ1v) is 8.38. The molecule has 0 aliphatic heterocycles. The van der Waals surface area contributed by atoms with Crippen LogP contribution in [0.15, 0.2) is 30.3 Å². The van der Waals surface area contributed by atoms with E-state index in [4.69, 9.17) is 0 Å². The van der Waals surface area contributed by atoms with E-state index in [1.54, 1.807) is 17.9 Å². The minimum Gasteiger partial charge on any atom is -0.370 e. The Hall–Kier alpha value is -2.43. The monoisotopic (exact) mass is 326 g/mol. The Labute approximate surface area is 144 Å². The summed E-state index contributed by atoms with van der Waals surface area (Å²) in [6, 6.07) is 9.66. The van der Waals surface area contributed by atoms with E-state index < -0.39 is 0 Å². The van der Waals surface area contributed by atoms with Crippen LogP contribution >= 0.6 is 0 Å². The SMILES string of the molecule is CCN(C(=O)c1cc(NCC(C)C)nc(C)n1)c1cccc(C)c1. The lowest BCUT2D eigenvalue weighted by Crippen LogP contribution is -2.31. The van der Waals surface area contributed by atoms with E-state index in [0.29, 0.717) is 29.8 Å². The summed E-state index contributed by atoms with van der Waals surface area (Å²) in [6.07, 6.45) is 0. The van der Waals surface area contributed by atoms with Crippen molar-refractivity contribution in [2.75, 3.05) is 23.3 Å². The lowest BCUT2D eigenvalue weighted by Gasteiger charge is -2.21. The molecule has 5 heteroatoms. The summed E-state index contributed by atoms with van der Waals surface area (Å²) in [5.74, 6) is 1.67. The minimum atomic E-state index is -0.110. The van der Waals surface area contributed by atoms with Crippen LogP contribution in [0.2, 0.25) is 0 Å². The highest BCUT2D eigenvalue weighted by Gasteiger charge is 2.19. The van der Waals surface area contributed by atoms with E-state index >= 15 is 0 Å². The Morgan fingerprint density at radius 1 is 1.21 bits per heavy atom. The zero-order chi connectivity index (χ0) is 17.7. The highest BCUT2D eigenvalue weighted by atomic mass is 16.2. The van der Waals surface area contributed by atoms with Crippen molar-refractivity contribution >= 4 is 17.4 Å². The van der Waals surface area contributed by atoms with Gasteiger partial charge in [0.05, 0.1) is 0 Å². The predicted octanol–water partition coefficient (Wildman–Crippen LogP) is 3.83. The Morgan fingerprint density at radius 2 is 1.96 bits per heavy atom. The van der Waals surface area contributed by atoms with Crippen LogP contribution < -0.4 is 10.2 Å². The molecule has 1 aromatic carbocycles. The molecule has 0 saturated heterocycles. The second-order valence-corrected chi connectivity index (χ2v) is 6.35. The van der Waals surface area contributed by atoms with Gasteiger partial charge in [-0.15, -0.1) is 0 Å². The highest BCUT2D eigenvalue weighted by Crippen LogP contribution is 2.19. The number of benzene rings is 1. The molecule has 0 atom stereocenters. The summed E-state index contributed by atoms with van der Waals surface area (Å²) in [6.45, 7) is 11.4. The van der Waals surface area contributed by atoms with E-state index in [-0.39, 0.29) is 5.91 Å². The molecular weight excluding hydrogens is 300 g/mol. The van der Waals surface area contributed by atoms with Gasteiger partial charge in [-0.25, -0.2) is 9.97 Å². The van der Waals surface area contributed by atoms with Crippen LogP contribution in [0.25, 0.3) is 0 Å². The normalized spacial score (nSPS) is 10.8. The van der Waals surface area contributed by atoms with Gasteiger partial charge in [0.25, 0.3) is 5.91 Å². The number of anilines is 2. The van der Waals surface area contributed by atoms with E-state index in [1.807, 2.05) is 38.1 Å². The average Bonchev–Trinajstić information content (AvgIpc) is 2.53. The molecule has 24 heavy (non-hydrogen) atoms. The first kappa shape index (κ1) is 17.9. The fraction of sp³-hybridized carbons (Fsp3) is 0.421. The Balaban J connectivity index is 2.30. The lowest BCUT2D eigenvalue weighted by molar-refractivity contribution is 0.0983. The summed E-state index contributed by atoms with van der Waals surface area (Å²) >= 11 is 0. The maximum atomic E-state index is 12.9. The average molecular weight is 326 g/mol. The van der Waals surface area contributed by atoms with Gasteiger partial charge in [-0.2, -0.15) is 0 Å². The molecule has 1 heterocycles. The number of aromatic nitrogens is 2. The van der Waals surface area contributed by atoms with Gasteiger partial charge in [-0.1, -0.05) is 26.0 Å². The van der Waals surface area contributed by atoms with Crippen molar-refractivity contribution in [1.82, 2.24) is 9.97 Å². The zero-order valence-electron chi connectivity index (χ0n) is 15.1. The maximum Gasteiger partial charge on any atom is 0.277 e. The summed E-state index contributed by atoms with van der Waals surface area (Å²) < 4.78 is 0. The molecule has 1 aromatic heterocycles. The van der Waals surface area contributed by atoms with Crippen LogP contribution in [0.3, 0.4) is 0 Å². The topological polar surface area (TPSA) is 58.1 Å². The van der Waals surface area contributed by atoms with Crippen LogP contribution in [0, 0.1) is 19.8 Å². The van der Waals surface area contributed by atoms with Crippen molar-refractivity contribution in [2.45, 2.75) is 34.6 Å². The van der Waals surface area contributed by atoms with Crippen molar-refractivity contribution in [2.24, 2.45) is 5.92 Å². The number of hydrogen-bond acceptors (Lipinski definition) is 4. The van der Waals surface area contributed by atoms with E-state index in [9.17, 15) is 4.79 Å². The van der Waals surface area contributed by atoms with Gasteiger partial charge in [-0.3, -0.25) is 4.79 Å². The standard InChI is InChI=1S/C19H26N4O/c1-6-23(16-9-7-8-14(4)10-16)19(24)17-11-18(20-12-13(2)3)22-15(5)21-17/h7-11,13H,6,12H2,1-5H3,(H,20,21,22). The molecule has 128 valence electrons. The second-order valence-electron chi connectivity index (χ2n) is 6.35. The van der Waals surface area contributed by atoms with Gasteiger partial charge in [0.2, 0.25) is 0 Å². The number of rotatable bonds is 6. The Morgan fingerprint density at radius 3 is 2.58 bits per heavy atom. The molecule has 0 fully saturated rings. The van der Waals surface area contributed by atoms with Crippen LogP contribution in [-0.4, -0.2) is 29.0 Å². The molecule has 2 aromatic rings. The number of nitrogens with one attached hydrogen (secondary N) is 1. The van der Waals surface area contributed by atoms with Gasteiger partial charge in [0, 0.05) is 24.8 Å². The molecule has 0 spiro atoms. The summed E-state index contributed by atoms with van der Waals surface area (Å²) in [5, 5.41) is 3.26. The Bertz CT molecular complexity index is 712. The largest absolute Gasteiger partial charge is 0.370 e. The molecule has 0 radical (unpaired) electrons. The third-order valence-electron chi connectivity index (χ3n) is 3.62. The van der Waals surface area contributed by atoms with Gasteiger partial charge >= 0.3 is 0 Å². The van der Waals surface area contributed by atoms with Crippen molar-refractivity contribution in [3.8, 4) is 0 Å². The van der Waals surface area contributed by atoms with Crippen LogP contribution in [0.4, 0.5) is 11.5 Å². The van der Waals surface area contributed by atoms with Crippen LogP contribution in [0.5, 0.6) is 0 Å². The fourth-order valence-corrected chi connectivity index (χ4v) is 2.45. The Kier molecular flexibility index (Phi) is 5.90. The van der Waals surface area contributed by atoms with Gasteiger partial charge in [-0.05, 0) is 44.4 Å². The predicted molar refractivity (Wildman–Crippen MR) is 98.6 cm³/mol. The first-order chi connectivity index (χ1) is 11.4. The molecule has 0 aliphatic carbocycles. The van der Waals surface area contributed by atoms with Gasteiger partial charge in [0.15, 0.2) is 0 Å². The van der Waals surface area contributed by atoms with Gasteiger partial charge in [0.1, 0.15) is 17.3 Å². The highest BCUT2D eigenvalue weighted by molar-refractivity contribution is 6.05. The van der Waals surface area contributed by atoms with E-state index in [1.165, 1.54) is 0 Å². The molecule has 5 nitrogen and oxygen atoms in total. The molecule has 1 amide bonds. The fourth-order valence-electron chi connectivity index (χ4n) is 2.45. The quantitative estimate of drug-likeness (QED) is 0.876. The number of carbonyl (C=O) groups excluding carboxylic acids is 1. The van der Waals surface area contributed by atoms with E-state index in [0.717, 1.165) is 17.8 Å². The summed E-state index contributed by atoms with van der Waals surface area (Å²) in [7, 11) is 0. The second kappa shape index (κ2) is 7.90. The number of amides is 1. The van der Waals surface area contributed by atoms with Gasteiger partial charge < -0.3 is 10.2 Å². The summed E-state index contributed by atoms with van der Waals surface area (Å²) in [4.78, 5) is 23.4. The maximum absolute atomic E-state index is 12.9. The van der Waals surface area contributed by atoms with Crippen molar-refractivity contribution in [3.05, 3.63) is 47.4 Å². The lowest BCUT2D eigenvalue weighted by atomic mass is 10.2.